The summed E-state index contributed by atoms with van der Waals surface area (Å²) >= 11 is 0. The molecule has 0 atom stereocenters. The van der Waals surface area contributed by atoms with Crippen LogP contribution in [0.25, 0.3) is 0 Å². The molecule has 1 amide bonds. The van der Waals surface area contributed by atoms with Gasteiger partial charge in [-0.1, -0.05) is 12.1 Å². The van der Waals surface area contributed by atoms with Crippen molar-refractivity contribution in [2.24, 2.45) is 0 Å². The summed E-state index contributed by atoms with van der Waals surface area (Å²) in [5, 5.41) is 22.8. The number of anilines is 1. The van der Waals surface area contributed by atoms with Crippen molar-refractivity contribution in [3.8, 4) is 0 Å². The Morgan fingerprint density at radius 1 is 1.15 bits per heavy atom. The van der Waals surface area contributed by atoms with E-state index in [2.05, 4.69) is 5.32 Å². The Hall–Kier alpha value is -3.22. The fourth-order valence-corrected chi connectivity index (χ4v) is 3.05. The number of nitrogens with one attached hydrogen (secondary N) is 1. The number of carboxylic acid groups (broad SMARTS) is 1. The molecule has 2 rings (SSSR count). The molecule has 2 aromatic carbocycles. The minimum Gasteiger partial charge on any atom is -0.481 e. The number of hydrogen-bond acceptors (Lipinski definition) is 4. The number of aliphatic carboxylic acids is 1. The largest absolute Gasteiger partial charge is 0.481 e. The SMILES string of the molecule is Cc1cc(C)c([N+](=O)[O-])c(C)c1C(=O)Nc1cccc(CCC(=O)O)c1. The van der Waals surface area contributed by atoms with Crippen molar-refractivity contribution in [1.29, 1.82) is 0 Å². The van der Waals surface area contributed by atoms with E-state index < -0.39 is 16.8 Å². The smallest absolute Gasteiger partial charge is 0.303 e. The first-order chi connectivity index (χ1) is 12.2. The van der Waals surface area contributed by atoms with Gasteiger partial charge in [-0.05, 0) is 56.5 Å². The number of carboxylic acids is 1. The number of carbonyl (C=O) groups excluding carboxylic acids is 1. The highest BCUT2D eigenvalue weighted by Gasteiger charge is 2.23. The van der Waals surface area contributed by atoms with Crippen LogP contribution in [0.3, 0.4) is 0 Å². The molecule has 0 unspecified atom stereocenters. The predicted octanol–water partition coefficient (Wildman–Crippen LogP) is 3.79. The fraction of sp³-hybridized carbons (Fsp3) is 0.263. The molecule has 0 bridgehead atoms. The highest BCUT2D eigenvalue weighted by molar-refractivity contribution is 6.07. The van der Waals surface area contributed by atoms with E-state index in [9.17, 15) is 19.7 Å². The summed E-state index contributed by atoms with van der Waals surface area (Å²) < 4.78 is 0. The topological polar surface area (TPSA) is 110 Å². The summed E-state index contributed by atoms with van der Waals surface area (Å²) in [6.45, 7) is 4.95. The molecule has 0 saturated heterocycles. The maximum atomic E-state index is 12.7. The summed E-state index contributed by atoms with van der Waals surface area (Å²) in [6.07, 6.45) is 0.354. The third-order valence-corrected chi connectivity index (χ3v) is 4.15. The fourth-order valence-electron chi connectivity index (χ4n) is 3.05. The van der Waals surface area contributed by atoms with Gasteiger partial charge in [-0.3, -0.25) is 19.7 Å². The van der Waals surface area contributed by atoms with Crippen LogP contribution in [0, 0.1) is 30.9 Å². The van der Waals surface area contributed by atoms with Crippen LogP contribution in [0.15, 0.2) is 30.3 Å². The monoisotopic (exact) mass is 356 g/mol. The molecule has 0 aliphatic carbocycles. The minimum atomic E-state index is -0.891. The normalized spacial score (nSPS) is 10.4. The molecule has 136 valence electrons. The van der Waals surface area contributed by atoms with Crippen LogP contribution in [0.5, 0.6) is 0 Å². The molecule has 2 aromatic rings. The molecule has 7 heteroatoms. The number of nitro groups is 1. The first kappa shape index (κ1) is 19.1. The Bertz CT molecular complexity index is 890. The average Bonchev–Trinajstić information content (AvgIpc) is 2.52. The van der Waals surface area contributed by atoms with Gasteiger partial charge in [-0.2, -0.15) is 0 Å². The second-order valence-electron chi connectivity index (χ2n) is 6.16. The maximum absolute atomic E-state index is 12.7. The first-order valence-electron chi connectivity index (χ1n) is 8.08. The molecule has 0 fully saturated rings. The van der Waals surface area contributed by atoms with Gasteiger partial charge < -0.3 is 10.4 Å². The molecule has 0 aromatic heterocycles. The lowest BCUT2D eigenvalue weighted by Gasteiger charge is -2.13. The Morgan fingerprint density at radius 2 is 1.85 bits per heavy atom. The Labute approximate surface area is 150 Å². The van der Waals surface area contributed by atoms with E-state index in [4.69, 9.17) is 5.11 Å². The highest BCUT2D eigenvalue weighted by Crippen LogP contribution is 2.29. The second kappa shape index (κ2) is 7.77. The standard InChI is InChI=1S/C19H20N2O5/c1-11-9-12(2)18(21(25)26)13(3)17(11)19(24)20-15-6-4-5-14(10-15)7-8-16(22)23/h4-6,9-10H,7-8H2,1-3H3,(H,20,24)(H,22,23). The van der Waals surface area contributed by atoms with E-state index in [1.165, 1.54) is 0 Å². The van der Waals surface area contributed by atoms with Gasteiger partial charge in [-0.15, -0.1) is 0 Å². The van der Waals surface area contributed by atoms with Crippen LogP contribution in [-0.4, -0.2) is 21.9 Å². The molecule has 0 radical (unpaired) electrons. The molecule has 7 nitrogen and oxygen atoms in total. The van der Waals surface area contributed by atoms with Crippen LogP contribution < -0.4 is 5.32 Å². The number of benzene rings is 2. The molecule has 0 aliphatic heterocycles. The Balaban J connectivity index is 2.31. The lowest BCUT2D eigenvalue weighted by atomic mass is 9.96. The van der Waals surface area contributed by atoms with E-state index in [0.717, 1.165) is 5.56 Å². The zero-order valence-corrected chi connectivity index (χ0v) is 14.8. The summed E-state index contributed by atoms with van der Waals surface area (Å²) in [6, 6.07) is 8.53. The van der Waals surface area contributed by atoms with Gasteiger partial charge in [0.15, 0.2) is 0 Å². The number of carbonyl (C=O) groups is 2. The Morgan fingerprint density at radius 3 is 2.46 bits per heavy atom. The molecule has 0 saturated carbocycles. The number of amides is 1. The van der Waals surface area contributed by atoms with Crippen molar-refractivity contribution >= 4 is 23.3 Å². The number of nitrogens with zero attached hydrogens (tertiary/aromatic N) is 1. The van der Waals surface area contributed by atoms with Gasteiger partial charge in [-0.25, -0.2) is 0 Å². The van der Waals surface area contributed by atoms with Crippen LogP contribution >= 0.6 is 0 Å². The van der Waals surface area contributed by atoms with Gasteiger partial charge in [0.25, 0.3) is 11.6 Å². The molecule has 2 N–H and O–H groups in total. The van der Waals surface area contributed by atoms with E-state index in [-0.39, 0.29) is 17.7 Å². The van der Waals surface area contributed by atoms with Crippen molar-refractivity contribution in [3.63, 3.8) is 0 Å². The zero-order chi connectivity index (χ0) is 19.4. The Kier molecular flexibility index (Phi) is 5.71. The van der Waals surface area contributed by atoms with Gasteiger partial charge in [0, 0.05) is 23.2 Å². The molecule has 0 heterocycles. The van der Waals surface area contributed by atoms with Crippen molar-refractivity contribution in [1.82, 2.24) is 0 Å². The summed E-state index contributed by atoms with van der Waals surface area (Å²) in [4.78, 5) is 34.2. The average molecular weight is 356 g/mol. The number of aryl methyl sites for hydroxylation is 3. The summed E-state index contributed by atoms with van der Waals surface area (Å²) in [5.41, 5.74) is 3.01. The van der Waals surface area contributed by atoms with Gasteiger partial charge in [0.05, 0.1) is 10.5 Å². The van der Waals surface area contributed by atoms with Crippen molar-refractivity contribution < 1.29 is 19.6 Å². The zero-order valence-electron chi connectivity index (χ0n) is 14.8. The number of rotatable bonds is 6. The van der Waals surface area contributed by atoms with Crippen molar-refractivity contribution in [2.45, 2.75) is 33.6 Å². The molecule has 0 spiro atoms. The van der Waals surface area contributed by atoms with Crippen LogP contribution in [0.4, 0.5) is 11.4 Å². The highest BCUT2D eigenvalue weighted by atomic mass is 16.6. The molecular weight excluding hydrogens is 336 g/mol. The van der Waals surface area contributed by atoms with Gasteiger partial charge >= 0.3 is 5.97 Å². The lowest BCUT2D eigenvalue weighted by molar-refractivity contribution is -0.386. The van der Waals surface area contributed by atoms with Gasteiger partial charge in [0.2, 0.25) is 0 Å². The minimum absolute atomic E-state index is 0.000225. The maximum Gasteiger partial charge on any atom is 0.303 e. The lowest BCUT2D eigenvalue weighted by Crippen LogP contribution is -2.16. The van der Waals surface area contributed by atoms with Gasteiger partial charge in [0.1, 0.15) is 0 Å². The van der Waals surface area contributed by atoms with Crippen molar-refractivity contribution in [2.75, 3.05) is 5.32 Å². The third-order valence-electron chi connectivity index (χ3n) is 4.15. The number of hydrogen-bond donors (Lipinski definition) is 2. The quantitative estimate of drug-likeness (QED) is 0.604. The predicted molar refractivity (Wildman–Crippen MR) is 97.7 cm³/mol. The summed E-state index contributed by atoms with van der Waals surface area (Å²) in [5.74, 6) is -1.32. The third kappa shape index (κ3) is 4.24. The first-order valence-corrected chi connectivity index (χ1v) is 8.08. The van der Waals surface area contributed by atoms with E-state index in [1.807, 2.05) is 0 Å². The molecule has 0 aliphatic rings. The van der Waals surface area contributed by atoms with Crippen LogP contribution in [0.2, 0.25) is 0 Å². The summed E-state index contributed by atoms with van der Waals surface area (Å²) in [7, 11) is 0. The van der Waals surface area contributed by atoms with E-state index >= 15 is 0 Å². The van der Waals surface area contributed by atoms with Crippen LogP contribution in [-0.2, 0) is 11.2 Å². The number of nitro benzene ring substituents is 1. The van der Waals surface area contributed by atoms with E-state index in [1.54, 1.807) is 51.1 Å². The molecular formula is C19H20N2O5. The van der Waals surface area contributed by atoms with Crippen molar-refractivity contribution in [3.05, 3.63) is 68.3 Å². The second-order valence-corrected chi connectivity index (χ2v) is 6.16. The van der Waals surface area contributed by atoms with Crippen LogP contribution in [0.1, 0.15) is 39.0 Å². The van der Waals surface area contributed by atoms with E-state index in [0.29, 0.717) is 28.8 Å². The molecule has 26 heavy (non-hydrogen) atoms.